The van der Waals surface area contributed by atoms with Crippen LogP contribution in [0.25, 0.3) is 11.1 Å². The summed E-state index contributed by atoms with van der Waals surface area (Å²) in [5.41, 5.74) is 2.21. The summed E-state index contributed by atoms with van der Waals surface area (Å²) in [6, 6.07) is 8.73. The van der Waals surface area contributed by atoms with Crippen LogP contribution in [0.3, 0.4) is 0 Å². The van der Waals surface area contributed by atoms with Gasteiger partial charge in [0, 0.05) is 34.4 Å². The number of carbonyl (C=O) groups excluding carboxylic acids is 3. The molecule has 34 heavy (non-hydrogen) atoms. The number of urea groups is 1. The molecule has 1 aliphatic rings. The number of benzene rings is 2. The maximum atomic E-state index is 12.6. The maximum absolute atomic E-state index is 12.6. The number of carboxylic acid groups (broad SMARTS) is 1. The van der Waals surface area contributed by atoms with Crippen molar-refractivity contribution in [1.29, 1.82) is 0 Å². The van der Waals surface area contributed by atoms with Gasteiger partial charge in [0.2, 0.25) is 0 Å². The van der Waals surface area contributed by atoms with Crippen LogP contribution in [-0.4, -0.2) is 46.8 Å². The largest absolute Gasteiger partial charge is 1.00 e. The third-order valence-electron chi connectivity index (χ3n) is 5.12. The molecule has 0 fully saturated rings. The number of amides is 3. The molecule has 2 atom stereocenters. The van der Waals surface area contributed by atoms with Crippen LogP contribution in [-0.2, 0) is 14.4 Å². The van der Waals surface area contributed by atoms with E-state index in [1.54, 1.807) is 49.4 Å². The normalized spacial score (nSPS) is 16.3. The Labute approximate surface area is 230 Å². The molecule has 0 aliphatic carbocycles. The average Bonchev–Trinajstić information content (AvgIpc) is 2.74. The van der Waals surface area contributed by atoms with E-state index in [2.05, 4.69) is 10.6 Å². The average molecular weight is 514 g/mol. The number of Topliss-reactive ketones (excluding diaryl/α,β-unsaturated/α-hetero) is 1. The molecular weight excluding hydrogens is 492 g/mol. The van der Waals surface area contributed by atoms with E-state index in [4.69, 9.17) is 23.2 Å². The van der Waals surface area contributed by atoms with Crippen molar-refractivity contribution in [3.63, 3.8) is 0 Å². The zero-order valence-electron chi connectivity index (χ0n) is 19.8. The number of nitrogens with one attached hydrogen (secondary N) is 2. The number of nitrogens with zero attached hydrogens (tertiary/aromatic N) is 1. The summed E-state index contributed by atoms with van der Waals surface area (Å²) >= 11 is 12.3. The van der Waals surface area contributed by atoms with Gasteiger partial charge in [-0.1, -0.05) is 47.5 Å². The number of likely N-dealkylation sites (N-methyl/N-ethyl adjacent to an activating group) is 1. The van der Waals surface area contributed by atoms with Crippen LogP contribution in [0.4, 0.5) is 4.79 Å². The number of carboxylic acids is 1. The van der Waals surface area contributed by atoms with Crippen LogP contribution in [0.1, 0.15) is 26.4 Å². The molecule has 3 N–H and O–H groups in total. The Balaban J connectivity index is 0.00000306. The van der Waals surface area contributed by atoms with Crippen molar-refractivity contribution in [3.8, 4) is 11.1 Å². The summed E-state index contributed by atoms with van der Waals surface area (Å²) < 4.78 is 0. The van der Waals surface area contributed by atoms with Gasteiger partial charge >= 0.3 is 41.6 Å². The first kappa shape index (κ1) is 27.9. The third-order valence-corrected chi connectivity index (χ3v) is 5.67. The van der Waals surface area contributed by atoms with Gasteiger partial charge in [0.25, 0.3) is 5.91 Å². The molecule has 0 saturated heterocycles. The fourth-order valence-corrected chi connectivity index (χ4v) is 4.01. The SMILES string of the molecule is CC1=CN(C)C(=O)C(NC(=O)NC(CC(=O)O)c2cccc(-c3ccc(Cl)cc3Cl)c2)C1=O.[H-].[Na+]. The molecule has 3 rings (SSSR count). The van der Waals surface area contributed by atoms with Gasteiger partial charge in [-0.3, -0.25) is 14.4 Å². The van der Waals surface area contributed by atoms with E-state index in [9.17, 15) is 24.3 Å². The quantitative estimate of drug-likeness (QED) is 0.392. The second-order valence-electron chi connectivity index (χ2n) is 7.58. The predicted molar refractivity (Wildman–Crippen MR) is 125 cm³/mol. The van der Waals surface area contributed by atoms with Crippen molar-refractivity contribution >= 4 is 46.9 Å². The van der Waals surface area contributed by atoms with E-state index < -0.39 is 42.2 Å². The topological polar surface area (TPSA) is 116 Å². The van der Waals surface area contributed by atoms with Crippen molar-refractivity contribution in [3.05, 3.63) is 69.8 Å². The Morgan fingerprint density at radius 1 is 1.18 bits per heavy atom. The number of carbonyl (C=O) groups is 4. The van der Waals surface area contributed by atoms with Gasteiger partial charge in [-0.15, -0.1) is 0 Å². The van der Waals surface area contributed by atoms with Crippen molar-refractivity contribution in [1.82, 2.24) is 15.5 Å². The van der Waals surface area contributed by atoms with Gasteiger partial charge in [-0.2, -0.15) is 0 Å². The maximum Gasteiger partial charge on any atom is 1.00 e. The van der Waals surface area contributed by atoms with Gasteiger partial charge in [0.05, 0.1) is 12.5 Å². The fraction of sp³-hybridized carbons (Fsp3) is 0.217. The van der Waals surface area contributed by atoms with Crippen molar-refractivity contribution in [2.24, 2.45) is 0 Å². The van der Waals surface area contributed by atoms with Crippen molar-refractivity contribution in [2.45, 2.75) is 25.4 Å². The molecule has 1 heterocycles. The van der Waals surface area contributed by atoms with E-state index >= 15 is 0 Å². The molecule has 1 aliphatic heterocycles. The van der Waals surface area contributed by atoms with E-state index in [1.165, 1.54) is 18.1 Å². The Morgan fingerprint density at radius 2 is 1.88 bits per heavy atom. The van der Waals surface area contributed by atoms with Crippen LogP contribution < -0.4 is 40.2 Å². The van der Waals surface area contributed by atoms with Crippen LogP contribution in [0.5, 0.6) is 0 Å². The van der Waals surface area contributed by atoms with Crippen LogP contribution in [0, 0.1) is 0 Å². The number of hydrogen-bond donors (Lipinski definition) is 3. The Bertz CT molecular complexity index is 1180. The molecule has 0 aromatic heterocycles. The minimum absolute atomic E-state index is 0. The molecule has 8 nitrogen and oxygen atoms in total. The van der Waals surface area contributed by atoms with Gasteiger partial charge in [-0.25, -0.2) is 4.79 Å². The summed E-state index contributed by atoms with van der Waals surface area (Å²) in [5.74, 6) is -2.25. The van der Waals surface area contributed by atoms with Gasteiger partial charge in [0.1, 0.15) is 0 Å². The molecule has 3 amide bonds. The molecule has 0 bridgehead atoms. The summed E-state index contributed by atoms with van der Waals surface area (Å²) in [5, 5.41) is 15.2. The monoisotopic (exact) mass is 513 g/mol. The summed E-state index contributed by atoms with van der Waals surface area (Å²) in [7, 11) is 1.48. The van der Waals surface area contributed by atoms with E-state index in [-0.39, 0.29) is 31.0 Å². The molecular formula is C23H22Cl2N3NaO5. The number of halogens is 2. The molecule has 174 valence electrons. The minimum atomic E-state index is -1.38. The minimum Gasteiger partial charge on any atom is -1.00 e. The molecule has 0 radical (unpaired) electrons. The fourth-order valence-electron chi connectivity index (χ4n) is 3.49. The molecule has 2 aromatic rings. The number of rotatable bonds is 6. The Hall–Kier alpha value is -2.36. The first-order valence-electron chi connectivity index (χ1n) is 9.90. The molecule has 0 spiro atoms. The predicted octanol–water partition coefficient (Wildman–Crippen LogP) is 0.905. The summed E-state index contributed by atoms with van der Waals surface area (Å²) in [4.78, 5) is 50.0. The molecule has 2 aromatic carbocycles. The second kappa shape index (κ2) is 11.9. The van der Waals surface area contributed by atoms with E-state index in [0.29, 0.717) is 32.3 Å². The Morgan fingerprint density at radius 3 is 2.53 bits per heavy atom. The van der Waals surface area contributed by atoms with Crippen molar-refractivity contribution in [2.75, 3.05) is 7.05 Å². The standard InChI is InChI=1S/C23H21Cl2N3O5.Na.H/c1-12-11-28(2)22(32)20(21(12)31)27-23(33)26-18(10-19(29)30)14-5-3-4-13(8-14)16-7-6-15(24)9-17(16)25;;/h3-9,11,18,20H,10H2,1-2H3,(H,29,30)(H2,26,27,33);;/q;+1;-1. The van der Waals surface area contributed by atoms with Crippen molar-refractivity contribution < 1.29 is 55.3 Å². The smallest absolute Gasteiger partial charge is 1.00 e. The number of hydrogen-bond acceptors (Lipinski definition) is 4. The van der Waals surface area contributed by atoms with E-state index in [1.807, 2.05) is 0 Å². The summed E-state index contributed by atoms with van der Waals surface area (Å²) in [6.45, 7) is 1.54. The third kappa shape index (κ3) is 6.61. The zero-order valence-corrected chi connectivity index (χ0v) is 22.3. The molecule has 0 saturated carbocycles. The first-order valence-corrected chi connectivity index (χ1v) is 10.7. The summed E-state index contributed by atoms with van der Waals surface area (Å²) in [6.07, 6.45) is 0.970. The van der Waals surface area contributed by atoms with Crippen LogP contribution >= 0.6 is 23.2 Å². The molecule has 2 unspecified atom stereocenters. The zero-order chi connectivity index (χ0) is 24.3. The van der Waals surface area contributed by atoms with Gasteiger partial charge in [-0.05, 0) is 36.2 Å². The number of aliphatic carboxylic acids is 1. The van der Waals surface area contributed by atoms with Gasteiger partial charge < -0.3 is 22.1 Å². The van der Waals surface area contributed by atoms with E-state index in [0.717, 1.165) is 0 Å². The number of ketones is 1. The van der Waals surface area contributed by atoms with Crippen LogP contribution in [0.2, 0.25) is 10.0 Å². The molecule has 11 heteroatoms. The first-order chi connectivity index (χ1) is 15.6. The second-order valence-corrected chi connectivity index (χ2v) is 8.42. The van der Waals surface area contributed by atoms with Crippen LogP contribution in [0.15, 0.2) is 54.2 Å². The van der Waals surface area contributed by atoms with Gasteiger partial charge in [0.15, 0.2) is 11.8 Å². The Kier molecular flexibility index (Phi) is 9.73.